The number of hydrogen-bond donors (Lipinski definition) is 4. The fourth-order valence-corrected chi connectivity index (χ4v) is 5.31. The van der Waals surface area contributed by atoms with Gasteiger partial charge in [0.1, 0.15) is 11.7 Å². The van der Waals surface area contributed by atoms with Gasteiger partial charge in [0.15, 0.2) is 9.84 Å². The SMILES string of the molecule is Cc1cc2nc(C(CNC(=O)c3c(Cl)cc(/C(C=N)=C/NCS(C)(=O)=O)cc3Cl)c3ccccc3)[nH]c2cc1C. The number of aromatic nitrogens is 2. The van der Waals surface area contributed by atoms with E-state index in [1.165, 1.54) is 18.3 Å². The molecule has 4 N–H and O–H groups in total. The summed E-state index contributed by atoms with van der Waals surface area (Å²) in [6.45, 7) is 4.33. The second-order valence-corrected chi connectivity index (χ2v) is 12.5. The first-order valence-corrected chi connectivity index (χ1v) is 15.2. The molecular formula is C29H29Cl2N5O3S. The summed E-state index contributed by atoms with van der Waals surface area (Å²) in [5.74, 6) is -0.287. The van der Waals surface area contributed by atoms with Crippen LogP contribution in [0.15, 0.2) is 60.8 Å². The van der Waals surface area contributed by atoms with Gasteiger partial charge in [0.2, 0.25) is 0 Å². The molecule has 4 aromatic rings. The Labute approximate surface area is 243 Å². The predicted molar refractivity (Wildman–Crippen MR) is 162 cm³/mol. The van der Waals surface area contributed by atoms with Crippen molar-refractivity contribution in [2.24, 2.45) is 0 Å². The largest absolute Gasteiger partial charge is 0.377 e. The second kappa shape index (κ2) is 12.2. The number of nitrogens with one attached hydrogen (secondary N) is 4. The Balaban J connectivity index is 1.59. The van der Waals surface area contributed by atoms with E-state index in [2.05, 4.69) is 28.6 Å². The molecule has 11 heteroatoms. The number of hydrogen-bond acceptors (Lipinski definition) is 6. The molecule has 1 unspecified atom stereocenters. The van der Waals surface area contributed by atoms with Crippen LogP contribution in [0, 0.1) is 19.3 Å². The Kier molecular flexibility index (Phi) is 8.98. The van der Waals surface area contributed by atoms with Gasteiger partial charge in [-0.3, -0.25) is 4.79 Å². The molecule has 1 aromatic heterocycles. The van der Waals surface area contributed by atoms with Crippen LogP contribution in [0.25, 0.3) is 16.6 Å². The summed E-state index contributed by atoms with van der Waals surface area (Å²) in [6, 6.07) is 16.9. The minimum absolute atomic E-state index is 0.0989. The van der Waals surface area contributed by atoms with Crippen LogP contribution < -0.4 is 10.6 Å². The van der Waals surface area contributed by atoms with Gasteiger partial charge in [0.25, 0.3) is 5.91 Å². The molecule has 0 saturated carbocycles. The first kappa shape index (κ1) is 29.3. The summed E-state index contributed by atoms with van der Waals surface area (Å²) in [4.78, 5) is 21.5. The van der Waals surface area contributed by atoms with Crippen molar-refractivity contribution >= 4 is 61.8 Å². The molecular weight excluding hydrogens is 569 g/mol. The summed E-state index contributed by atoms with van der Waals surface area (Å²) < 4.78 is 22.8. The first-order valence-electron chi connectivity index (χ1n) is 12.4. The van der Waals surface area contributed by atoms with Crippen LogP contribution in [0.5, 0.6) is 0 Å². The number of rotatable bonds is 10. The van der Waals surface area contributed by atoms with Crippen molar-refractivity contribution in [3.05, 3.63) is 104 Å². The topological polar surface area (TPSA) is 128 Å². The van der Waals surface area contributed by atoms with Gasteiger partial charge in [-0.15, -0.1) is 0 Å². The number of sulfone groups is 1. The van der Waals surface area contributed by atoms with E-state index in [1.807, 2.05) is 43.3 Å². The molecule has 0 aliphatic heterocycles. The molecule has 3 aromatic carbocycles. The van der Waals surface area contributed by atoms with Crippen LogP contribution in [0.4, 0.5) is 0 Å². The molecule has 40 heavy (non-hydrogen) atoms. The minimum Gasteiger partial charge on any atom is -0.377 e. The number of aryl methyl sites for hydroxylation is 2. The lowest BCUT2D eigenvalue weighted by atomic mass is 9.98. The zero-order chi connectivity index (χ0) is 29.0. The van der Waals surface area contributed by atoms with Gasteiger partial charge in [-0.05, 0) is 60.4 Å². The van der Waals surface area contributed by atoms with E-state index in [9.17, 15) is 13.2 Å². The number of fused-ring (bicyclic) bond motifs is 1. The number of benzene rings is 3. The fourth-order valence-electron chi connectivity index (χ4n) is 4.26. The Morgan fingerprint density at radius 2 is 1.73 bits per heavy atom. The number of H-pyrrole nitrogens is 1. The van der Waals surface area contributed by atoms with Crippen molar-refractivity contribution in [3.63, 3.8) is 0 Å². The molecule has 0 spiro atoms. The van der Waals surface area contributed by atoms with Crippen molar-refractivity contribution < 1.29 is 13.2 Å². The van der Waals surface area contributed by atoms with Crippen molar-refractivity contribution in [1.82, 2.24) is 20.6 Å². The number of carbonyl (C=O) groups is 1. The van der Waals surface area contributed by atoms with E-state index in [4.69, 9.17) is 33.6 Å². The van der Waals surface area contributed by atoms with Crippen LogP contribution in [0.3, 0.4) is 0 Å². The highest BCUT2D eigenvalue weighted by Gasteiger charge is 2.22. The quantitative estimate of drug-likeness (QED) is 0.176. The van der Waals surface area contributed by atoms with E-state index < -0.39 is 15.7 Å². The second-order valence-electron chi connectivity index (χ2n) is 9.58. The third-order valence-electron chi connectivity index (χ3n) is 6.48. The van der Waals surface area contributed by atoms with E-state index in [0.29, 0.717) is 11.1 Å². The van der Waals surface area contributed by atoms with E-state index >= 15 is 0 Å². The normalized spacial score (nSPS) is 12.8. The molecule has 0 aliphatic carbocycles. The van der Waals surface area contributed by atoms with E-state index in [1.54, 1.807) is 0 Å². The van der Waals surface area contributed by atoms with Gasteiger partial charge in [-0.1, -0.05) is 53.5 Å². The van der Waals surface area contributed by atoms with Gasteiger partial charge in [-0.2, -0.15) is 0 Å². The summed E-state index contributed by atoms with van der Waals surface area (Å²) >= 11 is 13.0. The number of amides is 1. The summed E-state index contributed by atoms with van der Waals surface area (Å²) in [6.07, 6.45) is 3.52. The lowest BCUT2D eigenvalue weighted by Gasteiger charge is -2.17. The third kappa shape index (κ3) is 6.91. The number of allylic oxidation sites excluding steroid dienone is 1. The van der Waals surface area contributed by atoms with Crippen molar-refractivity contribution in [1.29, 1.82) is 5.41 Å². The monoisotopic (exact) mass is 597 g/mol. The number of halogens is 2. The average Bonchev–Trinajstić information content (AvgIpc) is 3.28. The van der Waals surface area contributed by atoms with Gasteiger partial charge in [0, 0.05) is 30.8 Å². The molecule has 8 nitrogen and oxygen atoms in total. The maximum Gasteiger partial charge on any atom is 0.254 e. The number of carbonyl (C=O) groups excluding carboxylic acids is 1. The smallest absolute Gasteiger partial charge is 0.254 e. The third-order valence-corrected chi connectivity index (χ3v) is 7.76. The standard InChI is InChI=1S/C29H29Cl2N5O3S/c1-17-9-25-26(10-18(17)2)36-28(35-25)22(19-7-5-4-6-8-19)15-34-29(37)27-23(30)11-20(12-24(27)31)21(13-32)14-33-16-40(3,38)39/h4-14,22,32-33H,15-16H2,1-3H3,(H,34,37)(H,35,36)/b21-14+,32-13?. The van der Waals surface area contributed by atoms with Gasteiger partial charge >= 0.3 is 0 Å². The van der Waals surface area contributed by atoms with E-state index in [0.717, 1.165) is 46.0 Å². The maximum absolute atomic E-state index is 13.3. The number of nitrogens with zero attached hydrogens (tertiary/aromatic N) is 1. The molecule has 4 rings (SSSR count). The molecule has 0 fully saturated rings. The van der Waals surface area contributed by atoms with Crippen molar-refractivity contribution in [2.45, 2.75) is 19.8 Å². The Morgan fingerprint density at radius 1 is 1.07 bits per heavy atom. The molecule has 0 bridgehead atoms. The van der Waals surface area contributed by atoms with Crippen LogP contribution >= 0.6 is 23.2 Å². The van der Waals surface area contributed by atoms with Gasteiger partial charge in [-0.25, -0.2) is 13.4 Å². The lowest BCUT2D eigenvalue weighted by Crippen LogP contribution is -2.30. The minimum atomic E-state index is -3.25. The maximum atomic E-state index is 13.3. The Morgan fingerprint density at radius 3 is 2.35 bits per heavy atom. The van der Waals surface area contributed by atoms with Crippen LogP contribution in [0.1, 0.15) is 44.4 Å². The highest BCUT2D eigenvalue weighted by atomic mass is 35.5. The van der Waals surface area contributed by atoms with Crippen LogP contribution in [0.2, 0.25) is 10.0 Å². The Bertz CT molecular complexity index is 1650. The lowest BCUT2D eigenvalue weighted by molar-refractivity contribution is 0.0952. The first-order chi connectivity index (χ1) is 19.0. The highest BCUT2D eigenvalue weighted by Crippen LogP contribution is 2.30. The molecule has 0 saturated heterocycles. The van der Waals surface area contributed by atoms with Crippen LogP contribution in [-0.2, 0) is 9.84 Å². The fraction of sp³-hybridized carbons (Fsp3) is 0.207. The average molecular weight is 599 g/mol. The van der Waals surface area contributed by atoms with Gasteiger partial charge < -0.3 is 21.0 Å². The predicted octanol–water partition coefficient (Wildman–Crippen LogP) is 5.63. The summed E-state index contributed by atoms with van der Waals surface area (Å²) in [5.41, 5.74) is 5.97. The zero-order valence-electron chi connectivity index (χ0n) is 22.2. The molecule has 208 valence electrons. The Hall–Kier alpha value is -3.66. The molecule has 1 amide bonds. The summed E-state index contributed by atoms with van der Waals surface area (Å²) in [5, 5.41) is 13.5. The summed E-state index contributed by atoms with van der Waals surface area (Å²) in [7, 11) is -3.25. The molecule has 1 atom stereocenters. The number of imidazole rings is 1. The van der Waals surface area contributed by atoms with Crippen molar-refractivity contribution in [3.8, 4) is 0 Å². The van der Waals surface area contributed by atoms with Gasteiger partial charge in [0.05, 0.1) is 32.6 Å². The van der Waals surface area contributed by atoms with Crippen LogP contribution in [-0.4, -0.2) is 49.2 Å². The molecule has 1 heterocycles. The van der Waals surface area contributed by atoms with Crippen molar-refractivity contribution in [2.75, 3.05) is 18.7 Å². The molecule has 0 aliphatic rings. The number of aromatic amines is 1. The zero-order valence-corrected chi connectivity index (χ0v) is 24.5. The molecule has 0 radical (unpaired) electrons. The highest BCUT2D eigenvalue weighted by molar-refractivity contribution is 7.90. The van der Waals surface area contributed by atoms with E-state index in [-0.39, 0.29) is 33.9 Å².